The summed E-state index contributed by atoms with van der Waals surface area (Å²) in [4.78, 5) is 12.5. The van der Waals surface area contributed by atoms with Gasteiger partial charge in [-0.1, -0.05) is 15.9 Å². The van der Waals surface area contributed by atoms with Crippen LogP contribution in [0.25, 0.3) is 0 Å². The summed E-state index contributed by atoms with van der Waals surface area (Å²) in [7, 11) is 0. The molecule has 0 bridgehead atoms. The van der Waals surface area contributed by atoms with Crippen LogP contribution in [0.3, 0.4) is 0 Å². The summed E-state index contributed by atoms with van der Waals surface area (Å²) in [6.45, 7) is 0. The van der Waals surface area contributed by atoms with Gasteiger partial charge in [-0.3, -0.25) is 4.79 Å². The highest BCUT2D eigenvalue weighted by Crippen LogP contribution is 2.29. The molecule has 1 heterocycles. The van der Waals surface area contributed by atoms with Crippen molar-refractivity contribution in [2.75, 3.05) is 16.5 Å². The van der Waals surface area contributed by atoms with Crippen LogP contribution in [0.1, 0.15) is 23.2 Å². The van der Waals surface area contributed by atoms with Crippen LogP contribution in [0.4, 0.5) is 5.69 Å². The molecule has 0 saturated heterocycles. The molecule has 1 aromatic carbocycles. The third kappa shape index (κ3) is 2.42. The van der Waals surface area contributed by atoms with E-state index in [-0.39, 0.29) is 5.78 Å². The molecule has 0 aliphatic carbocycles. The molecule has 1 aliphatic rings. The highest BCUT2D eigenvalue weighted by atomic mass is 79.9. The van der Waals surface area contributed by atoms with Gasteiger partial charge in [-0.25, -0.2) is 0 Å². The third-order valence-corrected chi connectivity index (χ3v) is 4.28. The van der Waals surface area contributed by atoms with Gasteiger partial charge in [0.2, 0.25) is 0 Å². The van der Waals surface area contributed by atoms with Gasteiger partial charge in [0.25, 0.3) is 0 Å². The van der Waals surface area contributed by atoms with Gasteiger partial charge in [0, 0.05) is 34.6 Å². The van der Waals surface area contributed by atoms with E-state index in [0.717, 1.165) is 22.3 Å². The zero-order valence-electron chi connectivity index (χ0n) is 8.66. The predicted octanol–water partition coefficient (Wildman–Crippen LogP) is 2.54. The standard InChI is InChI=1S/C11H12BrNO2S/c12-5-1-2-10(14)8-3-4-9-11(6-8)16(15)7-13-9/h3-4,6,13H,1-2,5,7H2. The van der Waals surface area contributed by atoms with Crippen molar-refractivity contribution in [1.29, 1.82) is 0 Å². The molecule has 16 heavy (non-hydrogen) atoms. The highest BCUT2D eigenvalue weighted by molar-refractivity contribution is 9.09. The normalized spacial score (nSPS) is 18.0. The number of nitrogens with one attached hydrogen (secondary N) is 1. The van der Waals surface area contributed by atoms with Crippen molar-refractivity contribution in [3.05, 3.63) is 23.8 Å². The Balaban J connectivity index is 2.17. The lowest BCUT2D eigenvalue weighted by Gasteiger charge is -2.03. The van der Waals surface area contributed by atoms with Crippen molar-refractivity contribution in [2.45, 2.75) is 17.7 Å². The zero-order valence-corrected chi connectivity index (χ0v) is 11.1. The second-order valence-corrected chi connectivity index (χ2v) is 5.81. The van der Waals surface area contributed by atoms with Crippen LogP contribution in [0.2, 0.25) is 0 Å². The van der Waals surface area contributed by atoms with E-state index in [1.165, 1.54) is 0 Å². The number of hydrogen-bond acceptors (Lipinski definition) is 3. The van der Waals surface area contributed by atoms with Gasteiger partial charge >= 0.3 is 0 Å². The van der Waals surface area contributed by atoms with Crippen LogP contribution in [-0.4, -0.2) is 21.5 Å². The molecule has 0 saturated carbocycles. The largest absolute Gasteiger partial charge is 0.610 e. The second kappa shape index (κ2) is 5.21. The highest BCUT2D eigenvalue weighted by Gasteiger charge is 2.24. The molecule has 1 unspecified atom stereocenters. The number of halogens is 1. The number of Topliss-reactive ketones (excluding diaryl/α,β-unsaturated/α-hetero) is 1. The van der Waals surface area contributed by atoms with Gasteiger partial charge in [-0.15, -0.1) is 0 Å². The number of rotatable bonds is 4. The molecule has 2 rings (SSSR count). The molecule has 1 N–H and O–H groups in total. The third-order valence-electron chi connectivity index (χ3n) is 2.48. The van der Waals surface area contributed by atoms with Gasteiger partial charge in [0.1, 0.15) is 0 Å². The van der Waals surface area contributed by atoms with Gasteiger partial charge in [0.05, 0.1) is 5.69 Å². The molecule has 0 fully saturated rings. The van der Waals surface area contributed by atoms with Crippen LogP contribution in [0.5, 0.6) is 0 Å². The number of fused-ring (bicyclic) bond motifs is 1. The van der Waals surface area contributed by atoms with Crippen LogP contribution in [-0.2, 0) is 11.2 Å². The first-order valence-corrected chi connectivity index (χ1v) is 7.52. The van der Waals surface area contributed by atoms with Crippen LogP contribution >= 0.6 is 15.9 Å². The smallest absolute Gasteiger partial charge is 0.181 e. The number of benzene rings is 1. The summed E-state index contributed by atoms with van der Waals surface area (Å²) in [5, 5.41) is 3.87. The van der Waals surface area contributed by atoms with Gasteiger partial charge in [-0.2, -0.15) is 0 Å². The summed E-state index contributed by atoms with van der Waals surface area (Å²) in [6.07, 6.45) is 1.36. The van der Waals surface area contributed by atoms with Crippen molar-refractivity contribution in [1.82, 2.24) is 0 Å². The summed E-state index contributed by atoms with van der Waals surface area (Å²) < 4.78 is 11.6. The molecule has 1 atom stereocenters. The first kappa shape index (κ1) is 12.0. The van der Waals surface area contributed by atoms with E-state index in [9.17, 15) is 9.35 Å². The molecule has 1 aliphatic heterocycles. The fourth-order valence-electron chi connectivity index (χ4n) is 1.62. The quantitative estimate of drug-likeness (QED) is 0.528. The van der Waals surface area contributed by atoms with E-state index in [1.54, 1.807) is 12.1 Å². The maximum Gasteiger partial charge on any atom is 0.181 e. The Hall–Kier alpha value is -0.520. The Morgan fingerprint density at radius 1 is 1.56 bits per heavy atom. The average Bonchev–Trinajstić information content (AvgIpc) is 2.67. The average molecular weight is 302 g/mol. The maximum atomic E-state index is 11.8. The predicted molar refractivity (Wildman–Crippen MR) is 68.7 cm³/mol. The maximum absolute atomic E-state index is 11.8. The minimum atomic E-state index is -1.00. The first-order valence-electron chi connectivity index (χ1n) is 5.08. The summed E-state index contributed by atoms with van der Waals surface area (Å²) in [6, 6.07) is 5.38. The number of hydrogen-bond donors (Lipinski definition) is 1. The van der Waals surface area contributed by atoms with E-state index in [4.69, 9.17) is 0 Å². The Kier molecular flexibility index (Phi) is 3.89. The Morgan fingerprint density at radius 2 is 2.38 bits per heavy atom. The van der Waals surface area contributed by atoms with Crippen molar-refractivity contribution in [2.24, 2.45) is 0 Å². The fourth-order valence-corrected chi connectivity index (χ4v) is 2.99. The molecule has 0 spiro atoms. The first-order chi connectivity index (χ1) is 7.72. The number of carbonyl (C=O) groups is 1. The van der Waals surface area contributed by atoms with Crippen LogP contribution < -0.4 is 5.32 Å². The van der Waals surface area contributed by atoms with Crippen molar-refractivity contribution >= 4 is 38.6 Å². The summed E-state index contributed by atoms with van der Waals surface area (Å²) >= 11 is 2.30. The lowest BCUT2D eigenvalue weighted by Crippen LogP contribution is -2.04. The van der Waals surface area contributed by atoms with E-state index in [1.807, 2.05) is 6.07 Å². The molecule has 0 amide bonds. The van der Waals surface area contributed by atoms with Crippen molar-refractivity contribution < 1.29 is 9.35 Å². The van der Waals surface area contributed by atoms with E-state index >= 15 is 0 Å². The van der Waals surface area contributed by atoms with E-state index < -0.39 is 11.2 Å². The Labute approximate surface area is 106 Å². The molecule has 5 heteroatoms. The second-order valence-electron chi connectivity index (χ2n) is 3.59. The van der Waals surface area contributed by atoms with Crippen molar-refractivity contribution in [3.8, 4) is 0 Å². The van der Waals surface area contributed by atoms with Gasteiger partial charge in [0.15, 0.2) is 16.6 Å². The number of ketones is 1. The van der Waals surface area contributed by atoms with Gasteiger partial charge in [-0.05, 0) is 18.6 Å². The molecule has 3 nitrogen and oxygen atoms in total. The number of anilines is 1. The topological polar surface area (TPSA) is 52.2 Å². The van der Waals surface area contributed by atoms with E-state index in [0.29, 0.717) is 17.9 Å². The minimum absolute atomic E-state index is 0.117. The molecular weight excluding hydrogens is 290 g/mol. The van der Waals surface area contributed by atoms with E-state index in [2.05, 4.69) is 21.2 Å². The molecule has 1 aromatic rings. The lowest BCUT2D eigenvalue weighted by atomic mass is 10.1. The SMILES string of the molecule is O=C(CCCBr)c1ccc2c(c1)[S+]([O-])CN2. The monoisotopic (exact) mass is 301 g/mol. The Morgan fingerprint density at radius 3 is 3.12 bits per heavy atom. The molecular formula is C11H12BrNO2S. The van der Waals surface area contributed by atoms with Crippen molar-refractivity contribution in [3.63, 3.8) is 0 Å². The fraction of sp³-hybridized carbons (Fsp3) is 0.364. The molecule has 86 valence electrons. The summed E-state index contributed by atoms with van der Waals surface area (Å²) in [5.74, 6) is 0.570. The van der Waals surface area contributed by atoms with Crippen LogP contribution in [0, 0.1) is 0 Å². The molecule has 0 radical (unpaired) electrons. The number of alkyl halides is 1. The zero-order chi connectivity index (χ0) is 11.5. The Bertz CT molecular complexity index is 411. The summed E-state index contributed by atoms with van der Waals surface area (Å²) in [5.41, 5.74) is 1.55. The van der Waals surface area contributed by atoms with Crippen LogP contribution in [0.15, 0.2) is 23.1 Å². The lowest BCUT2D eigenvalue weighted by molar-refractivity contribution is 0.0982. The number of carbonyl (C=O) groups excluding carboxylic acids is 1. The van der Waals surface area contributed by atoms with Gasteiger partial charge < -0.3 is 9.87 Å². The molecule has 0 aromatic heterocycles. The minimum Gasteiger partial charge on any atom is -0.610 e.